The standard InChI is InChI=1S/C16H23N7O3/c17-13-14(18-4-2-5-23-6-9-25-10-7-23)19-11-20-15(13)21-22-16(24)12-3-1-8-26-12/h1,3,8,11H,2,4-7,9-10,17H2,(H,22,24)(H2,18,19,20,21). The Labute approximate surface area is 151 Å². The summed E-state index contributed by atoms with van der Waals surface area (Å²) in [5.74, 6) is 0.604. The van der Waals surface area contributed by atoms with Gasteiger partial charge in [-0.15, -0.1) is 0 Å². The number of nitrogens with two attached hydrogens (primary N) is 1. The number of nitrogens with zero attached hydrogens (tertiary/aromatic N) is 3. The molecule has 1 aliphatic rings. The molecule has 2 aromatic heterocycles. The van der Waals surface area contributed by atoms with Crippen molar-refractivity contribution >= 4 is 23.2 Å². The third kappa shape index (κ3) is 4.83. The summed E-state index contributed by atoms with van der Waals surface area (Å²) in [6.45, 7) is 5.26. The van der Waals surface area contributed by atoms with E-state index in [0.717, 1.165) is 45.8 Å². The highest BCUT2D eigenvalue weighted by Gasteiger charge is 2.12. The molecule has 140 valence electrons. The molecule has 5 N–H and O–H groups in total. The summed E-state index contributed by atoms with van der Waals surface area (Å²) in [5.41, 5.74) is 11.6. The summed E-state index contributed by atoms with van der Waals surface area (Å²) >= 11 is 0. The van der Waals surface area contributed by atoms with Gasteiger partial charge in [0.05, 0.1) is 19.5 Å². The van der Waals surface area contributed by atoms with Crippen molar-refractivity contribution in [3.05, 3.63) is 30.5 Å². The average Bonchev–Trinajstić information content (AvgIpc) is 3.21. The third-order valence-corrected chi connectivity index (χ3v) is 3.97. The minimum Gasteiger partial charge on any atom is -0.459 e. The molecule has 0 aliphatic carbocycles. The number of hydrazine groups is 1. The number of carbonyl (C=O) groups is 1. The Morgan fingerprint density at radius 3 is 2.85 bits per heavy atom. The Balaban J connectivity index is 1.46. The van der Waals surface area contributed by atoms with Gasteiger partial charge in [0.15, 0.2) is 17.4 Å². The lowest BCUT2D eigenvalue weighted by Crippen LogP contribution is -2.37. The highest BCUT2D eigenvalue weighted by molar-refractivity contribution is 5.92. The summed E-state index contributed by atoms with van der Waals surface area (Å²) in [4.78, 5) is 22.4. The second-order valence-electron chi connectivity index (χ2n) is 5.78. The number of amides is 1. The fraction of sp³-hybridized carbons (Fsp3) is 0.438. The summed E-state index contributed by atoms with van der Waals surface area (Å²) in [6, 6.07) is 3.19. The quantitative estimate of drug-likeness (QED) is 0.393. The van der Waals surface area contributed by atoms with Crippen LogP contribution in [0.2, 0.25) is 0 Å². The van der Waals surface area contributed by atoms with Gasteiger partial charge in [0.2, 0.25) is 0 Å². The summed E-state index contributed by atoms with van der Waals surface area (Å²) in [7, 11) is 0. The number of carbonyl (C=O) groups excluding carboxylic acids is 1. The fourth-order valence-corrected chi connectivity index (χ4v) is 2.56. The van der Waals surface area contributed by atoms with Crippen LogP contribution in [-0.2, 0) is 4.74 Å². The lowest BCUT2D eigenvalue weighted by molar-refractivity contribution is 0.0378. The van der Waals surface area contributed by atoms with E-state index in [9.17, 15) is 4.79 Å². The molecule has 0 aromatic carbocycles. The minimum atomic E-state index is -0.423. The fourth-order valence-electron chi connectivity index (χ4n) is 2.56. The minimum absolute atomic E-state index is 0.187. The van der Waals surface area contributed by atoms with Crippen molar-refractivity contribution < 1.29 is 13.9 Å². The van der Waals surface area contributed by atoms with E-state index in [4.69, 9.17) is 14.9 Å². The molecule has 0 atom stereocenters. The number of morpholine rings is 1. The molecule has 0 spiro atoms. The second kappa shape index (κ2) is 9.02. The number of furan rings is 1. The first-order chi connectivity index (χ1) is 12.7. The van der Waals surface area contributed by atoms with Crippen LogP contribution in [0.4, 0.5) is 17.3 Å². The van der Waals surface area contributed by atoms with Crippen LogP contribution in [0.5, 0.6) is 0 Å². The molecule has 1 amide bonds. The van der Waals surface area contributed by atoms with Crippen molar-refractivity contribution in [2.24, 2.45) is 0 Å². The van der Waals surface area contributed by atoms with Crippen LogP contribution >= 0.6 is 0 Å². The van der Waals surface area contributed by atoms with Crippen LogP contribution in [0.25, 0.3) is 0 Å². The number of rotatable bonds is 8. The van der Waals surface area contributed by atoms with Crippen LogP contribution in [0.3, 0.4) is 0 Å². The zero-order chi connectivity index (χ0) is 18.2. The van der Waals surface area contributed by atoms with Crippen molar-refractivity contribution in [2.45, 2.75) is 6.42 Å². The van der Waals surface area contributed by atoms with E-state index < -0.39 is 5.91 Å². The monoisotopic (exact) mass is 361 g/mol. The molecule has 0 unspecified atom stereocenters. The Kier molecular flexibility index (Phi) is 6.23. The molecule has 1 saturated heterocycles. The van der Waals surface area contributed by atoms with Gasteiger partial charge in [0, 0.05) is 19.6 Å². The zero-order valence-electron chi connectivity index (χ0n) is 14.4. The van der Waals surface area contributed by atoms with Crippen LogP contribution in [0.15, 0.2) is 29.1 Å². The van der Waals surface area contributed by atoms with Gasteiger partial charge in [-0.05, 0) is 25.1 Å². The molecule has 3 rings (SSSR count). The van der Waals surface area contributed by atoms with Crippen molar-refractivity contribution in [3.63, 3.8) is 0 Å². The summed E-state index contributed by atoms with van der Waals surface area (Å²) in [6.07, 6.45) is 3.76. The van der Waals surface area contributed by atoms with Crippen LogP contribution in [0, 0.1) is 0 Å². The predicted molar refractivity (Wildman–Crippen MR) is 96.6 cm³/mol. The molecule has 26 heavy (non-hydrogen) atoms. The van der Waals surface area contributed by atoms with E-state index in [0.29, 0.717) is 17.3 Å². The van der Waals surface area contributed by atoms with Crippen molar-refractivity contribution in [3.8, 4) is 0 Å². The zero-order valence-corrected chi connectivity index (χ0v) is 14.4. The first-order valence-electron chi connectivity index (χ1n) is 8.48. The largest absolute Gasteiger partial charge is 0.459 e. The molecule has 3 heterocycles. The Morgan fingerprint density at radius 2 is 2.08 bits per heavy atom. The topological polar surface area (TPSA) is 131 Å². The number of anilines is 3. The molecular formula is C16H23N7O3. The molecule has 0 bridgehead atoms. The number of ether oxygens (including phenoxy) is 1. The van der Waals surface area contributed by atoms with Gasteiger partial charge in [-0.1, -0.05) is 0 Å². The Morgan fingerprint density at radius 1 is 1.27 bits per heavy atom. The molecule has 10 heteroatoms. The number of nitrogen functional groups attached to an aromatic ring is 1. The SMILES string of the molecule is Nc1c(NCCCN2CCOCC2)ncnc1NNC(=O)c1ccco1. The van der Waals surface area contributed by atoms with E-state index >= 15 is 0 Å². The number of hydrogen-bond donors (Lipinski definition) is 4. The highest BCUT2D eigenvalue weighted by atomic mass is 16.5. The first-order valence-corrected chi connectivity index (χ1v) is 8.48. The lowest BCUT2D eigenvalue weighted by Gasteiger charge is -2.26. The second-order valence-corrected chi connectivity index (χ2v) is 5.78. The van der Waals surface area contributed by atoms with Crippen molar-refractivity contribution in [1.82, 2.24) is 20.3 Å². The van der Waals surface area contributed by atoms with E-state index in [1.807, 2.05) is 0 Å². The summed E-state index contributed by atoms with van der Waals surface area (Å²) < 4.78 is 10.3. The average molecular weight is 361 g/mol. The van der Waals surface area contributed by atoms with Crippen LogP contribution in [-0.4, -0.2) is 60.2 Å². The smallest absolute Gasteiger partial charge is 0.305 e. The normalized spacial score (nSPS) is 14.8. The molecule has 0 saturated carbocycles. The van der Waals surface area contributed by atoms with Gasteiger partial charge in [-0.3, -0.25) is 20.5 Å². The number of aromatic nitrogens is 2. The van der Waals surface area contributed by atoms with Crippen molar-refractivity contribution in [1.29, 1.82) is 0 Å². The number of hydrogen-bond acceptors (Lipinski definition) is 9. The maximum atomic E-state index is 11.9. The Bertz CT molecular complexity index is 702. The van der Waals surface area contributed by atoms with Gasteiger partial charge in [0.25, 0.3) is 0 Å². The van der Waals surface area contributed by atoms with Crippen LogP contribution in [0.1, 0.15) is 17.0 Å². The number of nitrogens with one attached hydrogen (secondary N) is 3. The molecule has 1 fully saturated rings. The van der Waals surface area contributed by atoms with Crippen molar-refractivity contribution in [2.75, 3.05) is 55.9 Å². The van der Waals surface area contributed by atoms with E-state index in [-0.39, 0.29) is 5.76 Å². The lowest BCUT2D eigenvalue weighted by atomic mass is 10.3. The maximum absolute atomic E-state index is 11.9. The van der Waals surface area contributed by atoms with E-state index in [1.165, 1.54) is 12.6 Å². The third-order valence-electron chi connectivity index (χ3n) is 3.97. The van der Waals surface area contributed by atoms with Gasteiger partial charge >= 0.3 is 5.91 Å². The molecule has 0 radical (unpaired) electrons. The predicted octanol–water partition coefficient (Wildman–Crippen LogP) is 0.543. The molecular weight excluding hydrogens is 338 g/mol. The maximum Gasteiger partial charge on any atom is 0.305 e. The molecule has 2 aromatic rings. The van der Waals surface area contributed by atoms with Gasteiger partial charge in [-0.2, -0.15) is 0 Å². The molecule has 1 aliphatic heterocycles. The van der Waals surface area contributed by atoms with Crippen LogP contribution < -0.4 is 21.9 Å². The first kappa shape index (κ1) is 18.0. The Hall–Kier alpha value is -2.85. The summed E-state index contributed by atoms with van der Waals surface area (Å²) in [5, 5.41) is 3.20. The van der Waals surface area contributed by atoms with Gasteiger partial charge in [0.1, 0.15) is 12.0 Å². The van der Waals surface area contributed by atoms with Gasteiger partial charge in [-0.25, -0.2) is 9.97 Å². The van der Waals surface area contributed by atoms with Gasteiger partial charge < -0.3 is 20.2 Å². The molecule has 10 nitrogen and oxygen atoms in total. The highest BCUT2D eigenvalue weighted by Crippen LogP contribution is 2.21. The van der Waals surface area contributed by atoms with E-state index in [2.05, 4.69) is 31.0 Å². The van der Waals surface area contributed by atoms with E-state index in [1.54, 1.807) is 12.1 Å².